The Morgan fingerprint density at radius 1 is 1.83 bits per heavy atom. The summed E-state index contributed by atoms with van der Waals surface area (Å²) in [6.45, 7) is 1.96. The molecule has 0 saturated heterocycles. The number of esters is 1. The highest BCUT2D eigenvalue weighted by molar-refractivity contribution is 9.10. The average molecular weight is 236 g/mol. The van der Waals surface area contributed by atoms with E-state index in [1.807, 2.05) is 0 Å². The van der Waals surface area contributed by atoms with Crippen molar-refractivity contribution in [3.63, 3.8) is 0 Å². The lowest BCUT2D eigenvalue weighted by Crippen LogP contribution is -2.04. The van der Waals surface area contributed by atoms with Gasteiger partial charge < -0.3 is 9.72 Å². The minimum absolute atomic E-state index is 0.112. The molecule has 0 saturated carbocycles. The third kappa shape index (κ3) is 1.85. The maximum Gasteiger partial charge on any atom is 0.354 e. The zero-order chi connectivity index (χ0) is 9.14. The number of hydrogen-bond donors (Lipinski definition) is 1. The average Bonchev–Trinajstić information content (AvgIpc) is 2.33. The van der Waals surface area contributed by atoms with Crippen LogP contribution in [-0.4, -0.2) is 17.6 Å². The van der Waals surface area contributed by atoms with Crippen LogP contribution in [0.1, 0.15) is 17.4 Å². The molecule has 1 rings (SSSR count). The zero-order valence-electron chi connectivity index (χ0n) is 6.36. The molecule has 3 nitrogen and oxygen atoms in total. The second-order valence-corrected chi connectivity index (χ2v) is 2.92. The van der Waals surface area contributed by atoms with Crippen LogP contribution in [-0.2, 0) is 4.74 Å². The van der Waals surface area contributed by atoms with Crippen molar-refractivity contribution in [2.45, 2.75) is 6.92 Å². The van der Waals surface area contributed by atoms with Crippen LogP contribution in [0.3, 0.4) is 0 Å². The summed E-state index contributed by atoms with van der Waals surface area (Å²) < 4.78 is 17.5. The monoisotopic (exact) mass is 235 g/mol. The number of carbonyl (C=O) groups is 1. The normalized spacial score (nSPS) is 9.92. The Balaban J connectivity index is 2.82. The fourth-order valence-electron chi connectivity index (χ4n) is 0.723. The molecule has 66 valence electrons. The maximum absolute atomic E-state index is 12.6. The summed E-state index contributed by atoms with van der Waals surface area (Å²) in [5, 5.41) is 0. The number of H-pyrrole nitrogens is 1. The van der Waals surface area contributed by atoms with Crippen LogP contribution in [0.5, 0.6) is 0 Å². The standard InChI is InChI=1S/C7H7BrFNO2/c1-2-12-7(11)5-3-4(8)6(9)10-5/h3,10H,2H2,1H3. The Hall–Kier alpha value is -0.840. The lowest BCUT2D eigenvalue weighted by Gasteiger charge is -1.96. The van der Waals surface area contributed by atoms with Crippen molar-refractivity contribution in [1.29, 1.82) is 0 Å². The van der Waals surface area contributed by atoms with Gasteiger partial charge >= 0.3 is 5.97 Å². The van der Waals surface area contributed by atoms with Crippen LogP contribution in [0.15, 0.2) is 10.5 Å². The van der Waals surface area contributed by atoms with E-state index in [1.165, 1.54) is 6.07 Å². The first-order chi connectivity index (χ1) is 5.65. The third-order valence-corrected chi connectivity index (χ3v) is 1.80. The smallest absolute Gasteiger partial charge is 0.354 e. The van der Waals surface area contributed by atoms with Gasteiger partial charge in [0, 0.05) is 0 Å². The molecule has 0 radical (unpaired) electrons. The highest BCUT2D eigenvalue weighted by Gasteiger charge is 2.12. The van der Waals surface area contributed by atoms with E-state index in [0.29, 0.717) is 0 Å². The van der Waals surface area contributed by atoms with Crippen LogP contribution in [0, 0.1) is 5.95 Å². The molecule has 0 spiro atoms. The summed E-state index contributed by atoms with van der Waals surface area (Å²) in [4.78, 5) is 13.2. The number of rotatable bonds is 2. The number of halogens is 2. The lowest BCUT2D eigenvalue weighted by atomic mass is 10.4. The van der Waals surface area contributed by atoms with Gasteiger partial charge in [-0.15, -0.1) is 0 Å². The van der Waals surface area contributed by atoms with E-state index in [1.54, 1.807) is 6.92 Å². The molecule has 0 unspecified atom stereocenters. The Labute approximate surface area is 77.0 Å². The highest BCUT2D eigenvalue weighted by Crippen LogP contribution is 2.16. The number of aromatic amines is 1. The summed E-state index contributed by atoms with van der Waals surface area (Å²) in [5.41, 5.74) is 0.112. The molecule has 1 heterocycles. The molecule has 0 amide bonds. The quantitative estimate of drug-likeness (QED) is 0.799. The summed E-state index contributed by atoms with van der Waals surface area (Å²) in [6, 6.07) is 1.34. The Morgan fingerprint density at radius 3 is 2.92 bits per heavy atom. The molecule has 1 aromatic rings. The number of hydrogen-bond acceptors (Lipinski definition) is 2. The molecular formula is C7H7BrFNO2. The molecule has 0 aliphatic heterocycles. The van der Waals surface area contributed by atoms with Gasteiger partial charge in [0.15, 0.2) is 0 Å². The minimum Gasteiger partial charge on any atom is -0.461 e. The van der Waals surface area contributed by atoms with Gasteiger partial charge in [0.05, 0.1) is 11.1 Å². The first kappa shape index (κ1) is 9.25. The van der Waals surface area contributed by atoms with Gasteiger partial charge in [-0.2, -0.15) is 4.39 Å². The number of carbonyl (C=O) groups excluding carboxylic acids is 1. The summed E-state index contributed by atoms with van der Waals surface area (Å²) >= 11 is 2.92. The molecular weight excluding hydrogens is 229 g/mol. The molecule has 0 bridgehead atoms. The second kappa shape index (κ2) is 3.71. The van der Waals surface area contributed by atoms with Gasteiger partial charge in [-0.05, 0) is 28.9 Å². The lowest BCUT2D eigenvalue weighted by molar-refractivity contribution is 0.0519. The van der Waals surface area contributed by atoms with Gasteiger partial charge in [-0.1, -0.05) is 0 Å². The molecule has 5 heteroatoms. The fraction of sp³-hybridized carbons (Fsp3) is 0.286. The van der Waals surface area contributed by atoms with E-state index in [4.69, 9.17) is 0 Å². The van der Waals surface area contributed by atoms with Crippen LogP contribution in [0.2, 0.25) is 0 Å². The van der Waals surface area contributed by atoms with Crippen molar-refractivity contribution >= 4 is 21.9 Å². The van der Waals surface area contributed by atoms with E-state index in [9.17, 15) is 9.18 Å². The Bertz CT molecular complexity index is 278. The molecule has 0 aliphatic carbocycles. The van der Waals surface area contributed by atoms with Crippen molar-refractivity contribution < 1.29 is 13.9 Å². The van der Waals surface area contributed by atoms with Crippen LogP contribution >= 0.6 is 15.9 Å². The molecule has 0 fully saturated rings. The first-order valence-electron chi connectivity index (χ1n) is 3.36. The maximum atomic E-state index is 12.6. The van der Waals surface area contributed by atoms with E-state index in [0.717, 1.165) is 0 Å². The van der Waals surface area contributed by atoms with Gasteiger partial charge in [0.25, 0.3) is 0 Å². The van der Waals surface area contributed by atoms with E-state index in [2.05, 4.69) is 25.7 Å². The third-order valence-electron chi connectivity index (χ3n) is 1.22. The first-order valence-corrected chi connectivity index (χ1v) is 4.15. The van der Waals surface area contributed by atoms with Crippen molar-refractivity contribution in [2.24, 2.45) is 0 Å². The molecule has 1 aromatic heterocycles. The highest BCUT2D eigenvalue weighted by atomic mass is 79.9. The molecule has 0 aromatic carbocycles. The van der Waals surface area contributed by atoms with Crippen molar-refractivity contribution in [1.82, 2.24) is 4.98 Å². The van der Waals surface area contributed by atoms with Crippen LogP contribution in [0.4, 0.5) is 4.39 Å². The van der Waals surface area contributed by atoms with Crippen molar-refractivity contribution in [2.75, 3.05) is 6.61 Å². The minimum atomic E-state index is -0.571. The molecule has 1 N–H and O–H groups in total. The zero-order valence-corrected chi connectivity index (χ0v) is 7.94. The fourth-order valence-corrected chi connectivity index (χ4v) is 1.05. The van der Waals surface area contributed by atoms with Crippen LogP contribution < -0.4 is 0 Å². The predicted molar refractivity (Wildman–Crippen MR) is 44.4 cm³/mol. The SMILES string of the molecule is CCOC(=O)c1cc(Br)c(F)[nH]1. The molecule has 0 aliphatic rings. The number of nitrogens with one attached hydrogen (secondary N) is 1. The topological polar surface area (TPSA) is 42.1 Å². The number of ether oxygens (including phenoxy) is 1. The van der Waals surface area contributed by atoms with Crippen molar-refractivity contribution in [3.8, 4) is 0 Å². The predicted octanol–water partition coefficient (Wildman–Crippen LogP) is 2.09. The van der Waals surface area contributed by atoms with Gasteiger partial charge in [0.2, 0.25) is 5.95 Å². The van der Waals surface area contributed by atoms with Crippen molar-refractivity contribution in [3.05, 3.63) is 22.2 Å². The van der Waals surface area contributed by atoms with Gasteiger partial charge in [-0.3, -0.25) is 0 Å². The summed E-state index contributed by atoms with van der Waals surface area (Å²) in [5.74, 6) is -1.12. The summed E-state index contributed by atoms with van der Waals surface area (Å²) in [7, 11) is 0. The van der Waals surface area contributed by atoms with E-state index < -0.39 is 11.9 Å². The Morgan fingerprint density at radius 2 is 2.50 bits per heavy atom. The van der Waals surface area contributed by atoms with Gasteiger partial charge in [-0.25, -0.2) is 4.79 Å². The second-order valence-electron chi connectivity index (χ2n) is 2.07. The van der Waals surface area contributed by atoms with Crippen LogP contribution in [0.25, 0.3) is 0 Å². The van der Waals surface area contributed by atoms with Gasteiger partial charge in [0.1, 0.15) is 5.69 Å². The van der Waals surface area contributed by atoms with E-state index >= 15 is 0 Å². The Kier molecular flexibility index (Phi) is 2.86. The molecule has 0 atom stereocenters. The largest absolute Gasteiger partial charge is 0.461 e. The van der Waals surface area contributed by atoms with E-state index in [-0.39, 0.29) is 16.8 Å². The molecule has 12 heavy (non-hydrogen) atoms. The summed E-state index contributed by atoms with van der Waals surface area (Å²) in [6.07, 6.45) is 0. The number of aromatic nitrogens is 1.